The number of fused-ring (bicyclic) bond motifs is 6. The van der Waals surface area contributed by atoms with Gasteiger partial charge in [0, 0.05) is 71.9 Å². The number of anilines is 2. The Morgan fingerprint density at radius 2 is 1.36 bits per heavy atom. The molecule has 3 aromatic rings. The largest absolute Gasteiger partial charge is 0.456 e. The first-order valence-electron chi connectivity index (χ1n) is 13.8. The molecular weight excluding hydrogens is 492 g/mol. The fourth-order valence-electron chi connectivity index (χ4n) is 5.92. The summed E-state index contributed by atoms with van der Waals surface area (Å²) >= 11 is 0. The van der Waals surface area contributed by atoms with E-state index in [0.717, 1.165) is 54.2 Å². The SMILES string of the molecule is CCOC(=O)NN1C(=O)c2ccccc2C12c1ccc(N(CC)CC)cc1Oc1cc(N(CC)CC)ccc12. The minimum atomic E-state index is -1.15. The molecule has 8 heteroatoms. The molecule has 2 amide bonds. The van der Waals surface area contributed by atoms with Gasteiger partial charge < -0.3 is 19.3 Å². The maximum Gasteiger partial charge on any atom is 0.426 e. The van der Waals surface area contributed by atoms with Gasteiger partial charge in [0.05, 0.1) is 6.61 Å². The molecular formula is C31H36N4O4. The van der Waals surface area contributed by atoms with Gasteiger partial charge in [0.15, 0.2) is 0 Å². The predicted molar refractivity (Wildman–Crippen MR) is 153 cm³/mol. The number of carbonyl (C=O) groups is 2. The molecule has 2 aliphatic heterocycles. The average molecular weight is 529 g/mol. The van der Waals surface area contributed by atoms with Crippen molar-refractivity contribution in [3.8, 4) is 11.5 Å². The first kappa shape index (κ1) is 26.4. The number of amides is 2. The van der Waals surface area contributed by atoms with Gasteiger partial charge in [0.2, 0.25) is 0 Å². The van der Waals surface area contributed by atoms with Crippen molar-refractivity contribution in [1.82, 2.24) is 10.4 Å². The maximum atomic E-state index is 14.0. The van der Waals surface area contributed by atoms with Gasteiger partial charge in [-0.3, -0.25) is 4.79 Å². The Morgan fingerprint density at radius 1 is 0.821 bits per heavy atom. The lowest BCUT2D eigenvalue weighted by Crippen LogP contribution is -2.56. The molecule has 0 atom stereocenters. The monoisotopic (exact) mass is 528 g/mol. The lowest BCUT2D eigenvalue weighted by molar-refractivity contribution is 0.0458. The van der Waals surface area contributed by atoms with Gasteiger partial charge in [-0.05, 0) is 52.8 Å². The summed E-state index contributed by atoms with van der Waals surface area (Å²) in [6.07, 6.45) is -0.688. The van der Waals surface area contributed by atoms with Crippen molar-refractivity contribution in [2.24, 2.45) is 0 Å². The van der Waals surface area contributed by atoms with Crippen LogP contribution < -0.4 is 20.0 Å². The number of nitrogens with zero attached hydrogens (tertiary/aromatic N) is 3. The van der Waals surface area contributed by atoms with Crippen LogP contribution in [-0.4, -0.2) is 49.8 Å². The minimum absolute atomic E-state index is 0.185. The normalized spacial score (nSPS) is 14.3. The van der Waals surface area contributed by atoms with Crippen molar-refractivity contribution in [2.45, 2.75) is 40.2 Å². The summed E-state index contributed by atoms with van der Waals surface area (Å²) in [6, 6.07) is 19.7. The molecule has 0 saturated heterocycles. The highest BCUT2D eigenvalue weighted by atomic mass is 16.6. The molecule has 0 unspecified atom stereocenters. The Balaban J connectivity index is 1.81. The fraction of sp³-hybridized carbons (Fsp3) is 0.355. The van der Waals surface area contributed by atoms with Crippen LogP contribution in [0.1, 0.15) is 61.7 Å². The molecule has 3 aromatic carbocycles. The molecule has 8 nitrogen and oxygen atoms in total. The van der Waals surface area contributed by atoms with Crippen LogP contribution in [-0.2, 0) is 10.3 Å². The third kappa shape index (κ3) is 4.06. The highest BCUT2D eigenvalue weighted by Gasteiger charge is 2.57. The first-order chi connectivity index (χ1) is 18.9. The molecule has 2 aliphatic rings. The minimum Gasteiger partial charge on any atom is -0.456 e. The van der Waals surface area contributed by atoms with Crippen molar-refractivity contribution in [2.75, 3.05) is 42.6 Å². The zero-order valence-electron chi connectivity index (χ0n) is 23.3. The molecule has 0 bridgehead atoms. The molecule has 0 radical (unpaired) electrons. The van der Waals surface area contributed by atoms with Gasteiger partial charge in [-0.2, -0.15) is 0 Å². The van der Waals surface area contributed by atoms with Crippen LogP contribution >= 0.6 is 0 Å². The quantitative estimate of drug-likeness (QED) is 0.393. The molecule has 0 saturated carbocycles. The second kappa shape index (κ2) is 10.5. The van der Waals surface area contributed by atoms with Crippen LogP contribution in [0.4, 0.5) is 16.2 Å². The summed E-state index contributed by atoms with van der Waals surface area (Å²) in [6.45, 7) is 13.8. The van der Waals surface area contributed by atoms with E-state index in [1.165, 1.54) is 5.01 Å². The number of ether oxygens (including phenoxy) is 2. The molecule has 1 spiro atoms. The summed E-state index contributed by atoms with van der Waals surface area (Å²) in [4.78, 5) is 31.3. The summed E-state index contributed by atoms with van der Waals surface area (Å²) in [7, 11) is 0. The third-order valence-corrected chi connectivity index (χ3v) is 7.75. The molecule has 2 heterocycles. The van der Waals surface area contributed by atoms with Crippen LogP contribution in [0, 0.1) is 0 Å². The molecule has 0 aliphatic carbocycles. The van der Waals surface area contributed by atoms with Crippen LogP contribution in [0.3, 0.4) is 0 Å². The van der Waals surface area contributed by atoms with Gasteiger partial charge in [-0.15, -0.1) is 0 Å². The number of hydrogen-bond donors (Lipinski definition) is 1. The second-order valence-corrected chi connectivity index (χ2v) is 9.54. The van der Waals surface area contributed by atoms with Gasteiger partial charge in [-0.25, -0.2) is 15.2 Å². The van der Waals surface area contributed by atoms with Crippen LogP contribution in [0.25, 0.3) is 0 Å². The molecule has 0 aromatic heterocycles. The Kier molecular flexibility index (Phi) is 7.12. The maximum absolute atomic E-state index is 14.0. The van der Waals surface area contributed by atoms with E-state index in [0.29, 0.717) is 17.1 Å². The van der Waals surface area contributed by atoms with E-state index >= 15 is 0 Å². The second-order valence-electron chi connectivity index (χ2n) is 9.54. The van der Waals surface area contributed by atoms with Crippen LogP contribution in [0.2, 0.25) is 0 Å². The van der Waals surface area contributed by atoms with Crippen molar-refractivity contribution in [3.63, 3.8) is 0 Å². The molecule has 5 rings (SSSR count). The fourth-order valence-corrected chi connectivity index (χ4v) is 5.92. The average Bonchev–Trinajstić information content (AvgIpc) is 3.18. The van der Waals surface area contributed by atoms with Crippen LogP contribution in [0.5, 0.6) is 11.5 Å². The van der Waals surface area contributed by atoms with E-state index in [9.17, 15) is 9.59 Å². The molecule has 204 valence electrons. The van der Waals surface area contributed by atoms with E-state index in [1.54, 1.807) is 13.0 Å². The highest BCUT2D eigenvalue weighted by Crippen LogP contribution is 2.57. The first-order valence-corrected chi connectivity index (χ1v) is 13.8. The van der Waals surface area contributed by atoms with Crippen LogP contribution in [0.15, 0.2) is 60.7 Å². The van der Waals surface area contributed by atoms with E-state index in [4.69, 9.17) is 9.47 Å². The number of hydrogen-bond acceptors (Lipinski definition) is 6. The van der Waals surface area contributed by atoms with E-state index in [2.05, 4.69) is 55.1 Å². The number of nitrogens with one attached hydrogen (secondary N) is 1. The Hall–Kier alpha value is -4.20. The Morgan fingerprint density at radius 3 is 1.87 bits per heavy atom. The van der Waals surface area contributed by atoms with Crippen molar-refractivity contribution >= 4 is 23.4 Å². The van der Waals surface area contributed by atoms with Gasteiger partial charge in [0.1, 0.15) is 17.0 Å². The summed E-state index contributed by atoms with van der Waals surface area (Å²) in [5, 5.41) is 1.42. The standard InChI is InChI=1S/C31H36N4O4/c1-6-33(7-2)21-15-17-25-27(19-21)39-28-20-22(34(8-3)9-4)16-18-26(28)31(25)24-14-12-11-13-23(24)29(36)35(31)32-30(37)38-10-5/h11-20H,6-10H2,1-5H3,(H,32,37). The molecule has 0 fully saturated rings. The molecule has 1 N–H and O–H groups in total. The van der Waals surface area contributed by atoms with Crippen molar-refractivity contribution in [3.05, 3.63) is 82.9 Å². The van der Waals surface area contributed by atoms with Gasteiger partial charge in [0.25, 0.3) is 5.91 Å². The van der Waals surface area contributed by atoms with Gasteiger partial charge in [-0.1, -0.05) is 30.3 Å². The molecule has 39 heavy (non-hydrogen) atoms. The van der Waals surface area contributed by atoms with E-state index in [1.807, 2.05) is 42.5 Å². The number of rotatable bonds is 8. The van der Waals surface area contributed by atoms with Gasteiger partial charge >= 0.3 is 6.09 Å². The van der Waals surface area contributed by atoms with E-state index < -0.39 is 11.6 Å². The third-order valence-electron chi connectivity index (χ3n) is 7.75. The summed E-state index contributed by atoms with van der Waals surface area (Å²) in [5.74, 6) is 0.977. The smallest absolute Gasteiger partial charge is 0.426 e. The zero-order valence-corrected chi connectivity index (χ0v) is 23.3. The number of hydrazine groups is 1. The highest BCUT2D eigenvalue weighted by molar-refractivity contribution is 6.03. The van der Waals surface area contributed by atoms with E-state index in [-0.39, 0.29) is 12.5 Å². The summed E-state index contributed by atoms with van der Waals surface area (Å²) in [5.41, 5.74) is 6.55. The number of carbonyl (C=O) groups excluding carboxylic acids is 2. The lowest BCUT2D eigenvalue weighted by Gasteiger charge is -2.44. The Bertz CT molecular complexity index is 1340. The predicted octanol–water partition coefficient (Wildman–Crippen LogP) is 5.89. The Labute approximate surface area is 230 Å². The topological polar surface area (TPSA) is 74.3 Å². The summed E-state index contributed by atoms with van der Waals surface area (Å²) < 4.78 is 11.9. The van der Waals surface area contributed by atoms with Crippen molar-refractivity contribution in [1.29, 1.82) is 0 Å². The van der Waals surface area contributed by atoms with Crippen molar-refractivity contribution < 1.29 is 19.1 Å². The number of benzene rings is 3. The zero-order chi connectivity index (χ0) is 27.7. The lowest BCUT2D eigenvalue weighted by atomic mass is 9.75.